The topological polar surface area (TPSA) is 76.7 Å². The molecule has 1 atom stereocenters. The fourth-order valence-electron chi connectivity index (χ4n) is 2.71. The van der Waals surface area contributed by atoms with E-state index in [1.54, 1.807) is 18.2 Å². The van der Waals surface area contributed by atoms with Crippen molar-refractivity contribution in [2.75, 3.05) is 0 Å². The van der Waals surface area contributed by atoms with Gasteiger partial charge in [-0.3, -0.25) is 0 Å². The smallest absolute Gasteiger partial charge is 0.344 e. The average Bonchev–Trinajstić information content (AvgIpc) is 2.59. The molecular formula is C20H18O5. The molecule has 3 aromatic rings. The molecule has 0 saturated carbocycles. The van der Waals surface area contributed by atoms with E-state index in [9.17, 15) is 9.59 Å². The standard InChI is InChI=1S/C20H18O5/c1-12-16-9-8-15(24-13(2)19(21)22)11-18(16)25-20(23)17(12)10-14-6-4-3-5-7-14/h3-9,11,13H,10H2,1-2H3,(H,21,22)/t13-/m1/s1. The Kier molecular flexibility index (Phi) is 4.57. The fraction of sp³-hybridized carbons (Fsp3) is 0.200. The Morgan fingerprint density at radius 3 is 2.60 bits per heavy atom. The number of fused-ring (bicyclic) bond motifs is 1. The summed E-state index contributed by atoms with van der Waals surface area (Å²) in [7, 11) is 0. The summed E-state index contributed by atoms with van der Waals surface area (Å²) in [6.07, 6.45) is -0.484. The normalized spacial score (nSPS) is 12.1. The Labute approximate surface area is 144 Å². The van der Waals surface area contributed by atoms with E-state index in [-0.39, 0.29) is 0 Å². The molecule has 0 fully saturated rings. The Bertz CT molecular complexity index is 973. The largest absolute Gasteiger partial charge is 0.479 e. The Balaban J connectivity index is 2.00. The summed E-state index contributed by atoms with van der Waals surface area (Å²) in [5, 5.41) is 9.73. The molecule has 1 heterocycles. The van der Waals surface area contributed by atoms with Gasteiger partial charge in [-0.25, -0.2) is 9.59 Å². The van der Waals surface area contributed by atoms with Crippen molar-refractivity contribution in [3.05, 3.63) is 75.6 Å². The first-order chi connectivity index (χ1) is 12.0. The molecule has 0 spiro atoms. The van der Waals surface area contributed by atoms with Crippen molar-refractivity contribution in [1.82, 2.24) is 0 Å². The van der Waals surface area contributed by atoms with Crippen LogP contribution in [-0.4, -0.2) is 17.2 Å². The summed E-state index contributed by atoms with van der Waals surface area (Å²) in [6, 6.07) is 14.7. The van der Waals surface area contributed by atoms with Gasteiger partial charge in [0.05, 0.1) is 0 Å². The van der Waals surface area contributed by atoms with Gasteiger partial charge in [-0.1, -0.05) is 30.3 Å². The van der Waals surface area contributed by atoms with Crippen LogP contribution < -0.4 is 10.4 Å². The van der Waals surface area contributed by atoms with Crippen LogP contribution in [0.5, 0.6) is 5.75 Å². The number of rotatable bonds is 5. The van der Waals surface area contributed by atoms with E-state index in [4.69, 9.17) is 14.3 Å². The first-order valence-electron chi connectivity index (χ1n) is 7.95. The van der Waals surface area contributed by atoms with Gasteiger partial charge < -0.3 is 14.3 Å². The van der Waals surface area contributed by atoms with E-state index in [2.05, 4.69) is 0 Å². The molecule has 128 valence electrons. The molecule has 0 aliphatic heterocycles. The quantitative estimate of drug-likeness (QED) is 0.720. The van der Waals surface area contributed by atoms with Gasteiger partial charge in [0.15, 0.2) is 6.10 Å². The minimum atomic E-state index is -1.06. The van der Waals surface area contributed by atoms with Crippen LogP contribution in [0, 0.1) is 6.92 Å². The van der Waals surface area contributed by atoms with Gasteiger partial charge in [-0.05, 0) is 37.1 Å². The van der Waals surface area contributed by atoms with Gasteiger partial charge in [0.25, 0.3) is 0 Å². The lowest BCUT2D eigenvalue weighted by atomic mass is 10.00. The summed E-state index contributed by atoms with van der Waals surface area (Å²) in [4.78, 5) is 23.3. The van der Waals surface area contributed by atoms with Gasteiger partial charge in [0.2, 0.25) is 0 Å². The van der Waals surface area contributed by atoms with Crippen LogP contribution >= 0.6 is 0 Å². The van der Waals surface area contributed by atoms with Crippen LogP contribution in [0.25, 0.3) is 11.0 Å². The van der Waals surface area contributed by atoms with E-state index in [1.165, 1.54) is 6.92 Å². The van der Waals surface area contributed by atoms with E-state index >= 15 is 0 Å². The molecule has 25 heavy (non-hydrogen) atoms. The lowest BCUT2D eigenvalue weighted by Crippen LogP contribution is -2.22. The Morgan fingerprint density at radius 1 is 1.20 bits per heavy atom. The monoisotopic (exact) mass is 338 g/mol. The number of aryl methyl sites for hydroxylation is 1. The van der Waals surface area contributed by atoms with Gasteiger partial charge >= 0.3 is 11.6 Å². The zero-order valence-electron chi connectivity index (χ0n) is 14.0. The highest BCUT2D eigenvalue weighted by molar-refractivity contribution is 5.82. The van der Waals surface area contributed by atoms with Gasteiger partial charge in [0.1, 0.15) is 11.3 Å². The second-order valence-electron chi connectivity index (χ2n) is 5.91. The number of carboxylic acid groups (broad SMARTS) is 1. The third-order valence-corrected chi connectivity index (χ3v) is 4.14. The third-order valence-electron chi connectivity index (χ3n) is 4.14. The van der Waals surface area contributed by atoms with E-state index < -0.39 is 17.7 Å². The fourth-order valence-corrected chi connectivity index (χ4v) is 2.71. The highest BCUT2D eigenvalue weighted by Crippen LogP contribution is 2.25. The maximum atomic E-state index is 12.4. The molecule has 5 heteroatoms. The third kappa shape index (κ3) is 3.55. The molecule has 0 bridgehead atoms. The maximum Gasteiger partial charge on any atom is 0.344 e. The minimum Gasteiger partial charge on any atom is -0.479 e. The first kappa shape index (κ1) is 16.8. The van der Waals surface area contributed by atoms with Gasteiger partial charge in [-0.2, -0.15) is 0 Å². The molecule has 0 aliphatic carbocycles. The molecule has 1 N–H and O–H groups in total. The van der Waals surface area contributed by atoms with Crippen LogP contribution in [-0.2, 0) is 11.2 Å². The second-order valence-corrected chi connectivity index (χ2v) is 5.91. The number of benzene rings is 2. The van der Waals surface area contributed by atoms with Crippen molar-refractivity contribution < 1.29 is 19.1 Å². The summed E-state index contributed by atoms with van der Waals surface area (Å²) < 4.78 is 10.8. The number of carbonyl (C=O) groups is 1. The van der Waals surface area contributed by atoms with Crippen LogP contribution in [0.4, 0.5) is 0 Å². The van der Waals surface area contributed by atoms with Crippen molar-refractivity contribution in [3.63, 3.8) is 0 Å². The average molecular weight is 338 g/mol. The first-order valence-corrected chi connectivity index (χ1v) is 7.95. The zero-order valence-corrected chi connectivity index (χ0v) is 14.0. The van der Waals surface area contributed by atoms with Gasteiger partial charge in [0, 0.05) is 23.4 Å². The van der Waals surface area contributed by atoms with Gasteiger partial charge in [-0.15, -0.1) is 0 Å². The van der Waals surface area contributed by atoms with E-state index in [1.807, 2.05) is 37.3 Å². The number of carboxylic acids is 1. The van der Waals surface area contributed by atoms with Crippen LogP contribution in [0.1, 0.15) is 23.6 Å². The minimum absolute atomic E-state index is 0.348. The molecule has 5 nitrogen and oxygen atoms in total. The highest BCUT2D eigenvalue weighted by Gasteiger charge is 2.15. The number of aliphatic carboxylic acids is 1. The molecule has 0 unspecified atom stereocenters. The molecule has 0 aliphatic rings. The van der Waals surface area contributed by atoms with Crippen molar-refractivity contribution >= 4 is 16.9 Å². The lowest BCUT2D eigenvalue weighted by Gasteiger charge is -2.12. The van der Waals surface area contributed by atoms with Crippen LogP contribution in [0.2, 0.25) is 0 Å². The van der Waals surface area contributed by atoms with E-state index in [0.717, 1.165) is 16.5 Å². The number of ether oxygens (including phenoxy) is 1. The van der Waals surface area contributed by atoms with E-state index in [0.29, 0.717) is 23.3 Å². The summed E-state index contributed by atoms with van der Waals surface area (Å²) in [5.74, 6) is -0.711. The molecule has 0 radical (unpaired) electrons. The summed E-state index contributed by atoms with van der Waals surface area (Å²) in [6.45, 7) is 3.33. The second kappa shape index (κ2) is 6.81. The SMILES string of the molecule is Cc1c(Cc2ccccc2)c(=O)oc2cc(O[C@H](C)C(=O)O)ccc12. The Morgan fingerprint density at radius 2 is 1.92 bits per heavy atom. The zero-order chi connectivity index (χ0) is 18.0. The predicted molar refractivity (Wildman–Crippen MR) is 94.2 cm³/mol. The highest BCUT2D eigenvalue weighted by atomic mass is 16.5. The Hall–Kier alpha value is -3.08. The molecular weight excluding hydrogens is 320 g/mol. The number of hydrogen-bond donors (Lipinski definition) is 1. The predicted octanol–water partition coefficient (Wildman–Crippen LogP) is 3.54. The maximum absolute atomic E-state index is 12.4. The molecule has 0 saturated heterocycles. The van der Waals surface area contributed by atoms with Crippen molar-refractivity contribution in [3.8, 4) is 5.75 Å². The molecule has 0 amide bonds. The molecule has 3 rings (SSSR count). The van der Waals surface area contributed by atoms with Crippen molar-refractivity contribution in [1.29, 1.82) is 0 Å². The molecule has 2 aromatic carbocycles. The van der Waals surface area contributed by atoms with Crippen molar-refractivity contribution in [2.24, 2.45) is 0 Å². The van der Waals surface area contributed by atoms with Crippen LogP contribution in [0.3, 0.4) is 0 Å². The van der Waals surface area contributed by atoms with Crippen LogP contribution in [0.15, 0.2) is 57.7 Å². The van der Waals surface area contributed by atoms with Crippen molar-refractivity contribution in [2.45, 2.75) is 26.4 Å². The summed E-state index contributed by atoms with van der Waals surface area (Å²) in [5.41, 5.74) is 2.50. The molecule has 1 aromatic heterocycles. The summed E-state index contributed by atoms with van der Waals surface area (Å²) >= 11 is 0. The number of hydrogen-bond acceptors (Lipinski definition) is 4. The lowest BCUT2D eigenvalue weighted by molar-refractivity contribution is -0.144.